The first-order valence-electron chi connectivity index (χ1n) is 5.81. The fourth-order valence-electron chi connectivity index (χ4n) is 1.38. The number of benzene rings is 1. The molecule has 2 heteroatoms. The van der Waals surface area contributed by atoms with Crippen molar-refractivity contribution >= 4 is 6.08 Å². The van der Waals surface area contributed by atoms with Gasteiger partial charge in [0, 0.05) is 12.0 Å². The standard InChI is InChI=1S/C14H20O2/c1-4-11-15-14(6-3)16-13-10-8-7-9-12(13)5-2/h5,7-10,14H,2,4,6,11H2,1,3H3. The lowest BCUT2D eigenvalue weighted by Crippen LogP contribution is -2.20. The fraction of sp³-hybridized carbons (Fsp3) is 0.429. The van der Waals surface area contributed by atoms with E-state index in [9.17, 15) is 0 Å². The van der Waals surface area contributed by atoms with Gasteiger partial charge in [0.05, 0.1) is 6.61 Å². The molecule has 1 atom stereocenters. The Labute approximate surface area is 97.9 Å². The molecule has 0 N–H and O–H groups in total. The number of para-hydroxylation sites is 1. The Bertz CT molecular complexity index is 320. The first-order valence-corrected chi connectivity index (χ1v) is 5.81. The second-order valence-corrected chi connectivity index (χ2v) is 3.57. The Hall–Kier alpha value is -1.28. The van der Waals surface area contributed by atoms with Crippen LogP contribution in [0.1, 0.15) is 32.3 Å². The van der Waals surface area contributed by atoms with Gasteiger partial charge in [-0.15, -0.1) is 0 Å². The van der Waals surface area contributed by atoms with Crippen LogP contribution in [0.25, 0.3) is 6.08 Å². The average Bonchev–Trinajstić information content (AvgIpc) is 2.34. The molecule has 0 fully saturated rings. The van der Waals surface area contributed by atoms with Gasteiger partial charge in [-0.2, -0.15) is 0 Å². The zero-order chi connectivity index (χ0) is 11.8. The van der Waals surface area contributed by atoms with Crippen molar-refractivity contribution in [1.29, 1.82) is 0 Å². The normalized spacial score (nSPS) is 12.1. The molecule has 0 radical (unpaired) electrons. The molecule has 88 valence electrons. The fourth-order valence-corrected chi connectivity index (χ4v) is 1.38. The first-order chi connectivity index (χ1) is 7.81. The van der Waals surface area contributed by atoms with Crippen molar-refractivity contribution in [1.82, 2.24) is 0 Å². The van der Waals surface area contributed by atoms with Crippen LogP contribution in [0.3, 0.4) is 0 Å². The number of hydrogen-bond acceptors (Lipinski definition) is 2. The van der Waals surface area contributed by atoms with E-state index in [4.69, 9.17) is 9.47 Å². The van der Waals surface area contributed by atoms with E-state index in [1.165, 1.54) is 0 Å². The summed E-state index contributed by atoms with van der Waals surface area (Å²) in [7, 11) is 0. The van der Waals surface area contributed by atoms with Crippen LogP contribution in [0.15, 0.2) is 30.8 Å². The number of rotatable bonds is 7. The van der Waals surface area contributed by atoms with Crippen molar-refractivity contribution in [3.05, 3.63) is 36.4 Å². The van der Waals surface area contributed by atoms with Crippen molar-refractivity contribution in [3.63, 3.8) is 0 Å². The highest BCUT2D eigenvalue weighted by atomic mass is 16.7. The van der Waals surface area contributed by atoms with Crippen molar-refractivity contribution in [2.45, 2.75) is 33.0 Å². The second-order valence-electron chi connectivity index (χ2n) is 3.57. The molecule has 0 heterocycles. The number of hydrogen-bond donors (Lipinski definition) is 0. The summed E-state index contributed by atoms with van der Waals surface area (Å²) in [6, 6.07) is 7.84. The van der Waals surface area contributed by atoms with Gasteiger partial charge in [0.2, 0.25) is 0 Å². The van der Waals surface area contributed by atoms with Crippen LogP contribution in [-0.4, -0.2) is 12.9 Å². The minimum absolute atomic E-state index is 0.166. The van der Waals surface area contributed by atoms with E-state index in [2.05, 4.69) is 20.4 Å². The zero-order valence-corrected chi connectivity index (χ0v) is 10.1. The molecular formula is C14H20O2. The van der Waals surface area contributed by atoms with E-state index < -0.39 is 0 Å². The van der Waals surface area contributed by atoms with Gasteiger partial charge in [-0.05, 0) is 12.5 Å². The van der Waals surface area contributed by atoms with E-state index in [-0.39, 0.29) is 6.29 Å². The Kier molecular flexibility index (Phi) is 5.65. The van der Waals surface area contributed by atoms with Crippen LogP contribution in [0.2, 0.25) is 0 Å². The third-order valence-corrected chi connectivity index (χ3v) is 2.24. The van der Waals surface area contributed by atoms with Gasteiger partial charge in [0.15, 0.2) is 6.29 Å². The van der Waals surface area contributed by atoms with E-state index in [0.717, 1.165) is 30.8 Å². The Morgan fingerprint density at radius 1 is 1.31 bits per heavy atom. The molecule has 1 rings (SSSR count). The molecule has 2 nitrogen and oxygen atoms in total. The summed E-state index contributed by atoms with van der Waals surface area (Å²) in [6.45, 7) is 8.64. The molecule has 0 amide bonds. The van der Waals surface area contributed by atoms with Gasteiger partial charge in [0.1, 0.15) is 5.75 Å². The van der Waals surface area contributed by atoms with E-state index in [1.54, 1.807) is 6.08 Å². The maximum atomic E-state index is 5.79. The average molecular weight is 220 g/mol. The predicted octanol–water partition coefficient (Wildman–Crippen LogP) is 3.87. The molecule has 0 aliphatic carbocycles. The molecule has 1 aromatic carbocycles. The van der Waals surface area contributed by atoms with E-state index in [1.807, 2.05) is 24.3 Å². The quantitative estimate of drug-likeness (QED) is 0.649. The molecule has 16 heavy (non-hydrogen) atoms. The topological polar surface area (TPSA) is 18.5 Å². The van der Waals surface area contributed by atoms with Crippen molar-refractivity contribution < 1.29 is 9.47 Å². The van der Waals surface area contributed by atoms with Gasteiger partial charge in [0.25, 0.3) is 0 Å². The lowest BCUT2D eigenvalue weighted by molar-refractivity contribution is -0.0813. The highest BCUT2D eigenvalue weighted by Gasteiger charge is 2.09. The van der Waals surface area contributed by atoms with Crippen LogP contribution in [0, 0.1) is 0 Å². The van der Waals surface area contributed by atoms with Crippen molar-refractivity contribution in [3.8, 4) is 5.75 Å². The minimum Gasteiger partial charge on any atom is -0.464 e. The second kappa shape index (κ2) is 7.07. The van der Waals surface area contributed by atoms with Gasteiger partial charge < -0.3 is 9.47 Å². The largest absolute Gasteiger partial charge is 0.464 e. The molecule has 1 unspecified atom stereocenters. The molecular weight excluding hydrogens is 200 g/mol. The van der Waals surface area contributed by atoms with Crippen LogP contribution in [0.5, 0.6) is 5.75 Å². The lowest BCUT2D eigenvalue weighted by atomic mass is 10.2. The SMILES string of the molecule is C=Cc1ccccc1OC(CC)OCCC. The van der Waals surface area contributed by atoms with Gasteiger partial charge in [-0.1, -0.05) is 44.7 Å². The third kappa shape index (κ3) is 3.70. The molecule has 1 aromatic rings. The van der Waals surface area contributed by atoms with Gasteiger partial charge in [-0.25, -0.2) is 0 Å². The molecule has 0 bridgehead atoms. The highest BCUT2D eigenvalue weighted by molar-refractivity contribution is 5.55. The predicted molar refractivity (Wildman–Crippen MR) is 67.5 cm³/mol. The summed E-state index contributed by atoms with van der Waals surface area (Å²) in [5.74, 6) is 0.834. The Balaban J connectivity index is 2.65. The minimum atomic E-state index is -0.166. The summed E-state index contributed by atoms with van der Waals surface area (Å²) in [6.07, 6.45) is 3.47. The molecule has 0 saturated carbocycles. The van der Waals surface area contributed by atoms with E-state index >= 15 is 0 Å². The summed E-state index contributed by atoms with van der Waals surface area (Å²) in [4.78, 5) is 0. The molecule has 0 aliphatic rings. The molecule has 0 saturated heterocycles. The van der Waals surface area contributed by atoms with Crippen molar-refractivity contribution in [2.75, 3.05) is 6.61 Å². The smallest absolute Gasteiger partial charge is 0.199 e. The summed E-state index contributed by atoms with van der Waals surface area (Å²) >= 11 is 0. The molecule has 0 spiro atoms. The summed E-state index contributed by atoms with van der Waals surface area (Å²) in [5.41, 5.74) is 1.00. The highest BCUT2D eigenvalue weighted by Crippen LogP contribution is 2.21. The van der Waals surface area contributed by atoms with Crippen LogP contribution >= 0.6 is 0 Å². The van der Waals surface area contributed by atoms with Crippen molar-refractivity contribution in [2.24, 2.45) is 0 Å². The zero-order valence-electron chi connectivity index (χ0n) is 10.1. The van der Waals surface area contributed by atoms with Crippen LogP contribution in [0.4, 0.5) is 0 Å². The summed E-state index contributed by atoms with van der Waals surface area (Å²) < 4.78 is 11.4. The maximum absolute atomic E-state index is 5.79. The Morgan fingerprint density at radius 3 is 2.69 bits per heavy atom. The molecule has 0 aliphatic heterocycles. The van der Waals surface area contributed by atoms with Crippen LogP contribution < -0.4 is 4.74 Å². The Morgan fingerprint density at radius 2 is 2.06 bits per heavy atom. The third-order valence-electron chi connectivity index (χ3n) is 2.24. The lowest BCUT2D eigenvalue weighted by Gasteiger charge is -2.19. The van der Waals surface area contributed by atoms with Crippen LogP contribution in [-0.2, 0) is 4.74 Å². The summed E-state index contributed by atoms with van der Waals surface area (Å²) in [5, 5.41) is 0. The monoisotopic (exact) mass is 220 g/mol. The number of ether oxygens (including phenoxy) is 2. The maximum Gasteiger partial charge on any atom is 0.199 e. The molecule has 0 aromatic heterocycles. The first kappa shape index (κ1) is 12.8. The van der Waals surface area contributed by atoms with Gasteiger partial charge >= 0.3 is 0 Å². The van der Waals surface area contributed by atoms with E-state index in [0.29, 0.717) is 0 Å². The van der Waals surface area contributed by atoms with Gasteiger partial charge in [-0.3, -0.25) is 0 Å².